The highest BCUT2D eigenvalue weighted by Gasteiger charge is 2.43. The molecule has 21 heavy (non-hydrogen) atoms. The summed E-state index contributed by atoms with van der Waals surface area (Å²) < 4.78 is 0. The maximum absolute atomic E-state index is 9.72. The van der Waals surface area contributed by atoms with Gasteiger partial charge in [-0.3, -0.25) is 5.32 Å². The second-order valence-electron chi connectivity index (χ2n) is 7.80. The molecule has 0 spiro atoms. The second kappa shape index (κ2) is 7.11. The Balaban J connectivity index is 1.88. The Kier molecular flexibility index (Phi) is 5.68. The van der Waals surface area contributed by atoms with Crippen LogP contribution in [0.1, 0.15) is 59.8 Å². The van der Waals surface area contributed by atoms with Crippen molar-refractivity contribution in [1.29, 1.82) is 5.26 Å². The molecule has 2 aliphatic rings. The molecule has 0 aromatic heterocycles. The first kappa shape index (κ1) is 16.8. The molecule has 1 N–H and O–H groups in total. The quantitative estimate of drug-likeness (QED) is 0.843. The zero-order chi connectivity index (χ0) is 15.5. The highest BCUT2D eigenvalue weighted by molar-refractivity contribution is 5.14. The van der Waals surface area contributed by atoms with Gasteiger partial charge in [-0.15, -0.1) is 0 Å². The van der Waals surface area contributed by atoms with E-state index < -0.39 is 0 Å². The van der Waals surface area contributed by atoms with Gasteiger partial charge in [0.1, 0.15) is 5.54 Å². The fraction of sp³-hybridized carbons (Fsp3) is 0.944. The fourth-order valence-electron chi connectivity index (χ4n) is 4.24. The molecule has 1 aliphatic heterocycles. The maximum Gasteiger partial charge on any atom is 0.109 e. The summed E-state index contributed by atoms with van der Waals surface area (Å²) in [5.41, 5.74) is -0.261. The van der Waals surface area contributed by atoms with Gasteiger partial charge in [0.25, 0.3) is 0 Å². The summed E-state index contributed by atoms with van der Waals surface area (Å²) in [6, 6.07) is 3.02. The molecule has 3 heteroatoms. The van der Waals surface area contributed by atoms with E-state index in [1.165, 1.54) is 45.3 Å². The zero-order valence-corrected chi connectivity index (χ0v) is 14.4. The summed E-state index contributed by atoms with van der Waals surface area (Å²) in [6.45, 7) is 12.7. The first-order valence-electron chi connectivity index (χ1n) is 8.88. The van der Waals surface area contributed by atoms with Crippen molar-refractivity contribution in [1.82, 2.24) is 10.2 Å². The smallest absolute Gasteiger partial charge is 0.109 e. The molecule has 1 saturated heterocycles. The minimum atomic E-state index is -0.261. The molecule has 1 saturated carbocycles. The minimum absolute atomic E-state index is 0.261. The van der Waals surface area contributed by atoms with Gasteiger partial charge >= 0.3 is 0 Å². The molecule has 0 radical (unpaired) electrons. The molecule has 2 fully saturated rings. The average molecular weight is 291 g/mol. The minimum Gasteiger partial charge on any atom is -0.303 e. The number of nitrogens with one attached hydrogen (secondary N) is 1. The van der Waals surface area contributed by atoms with E-state index in [2.05, 4.69) is 44.0 Å². The molecule has 0 aromatic carbocycles. The molecule has 2 rings (SSSR count). The summed E-state index contributed by atoms with van der Waals surface area (Å²) in [4.78, 5) is 2.63. The lowest BCUT2D eigenvalue weighted by Gasteiger charge is -2.37. The topological polar surface area (TPSA) is 39.1 Å². The van der Waals surface area contributed by atoms with Gasteiger partial charge in [0.15, 0.2) is 0 Å². The van der Waals surface area contributed by atoms with Gasteiger partial charge in [0.05, 0.1) is 6.07 Å². The van der Waals surface area contributed by atoms with E-state index in [1.807, 2.05) is 0 Å². The van der Waals surface area contributed by atoms with Crippen molar-refractivity contribution >= 4 is 0 Å². The van der Waals surface area contributed by atoms with Crippen LogP contribution in [0.3, 0.4) is 0 Å². The molecule has 120 valence electrons. The Labute approximate surface area is 131 Å². The number of nitriles is 1. The Bertz CT molecular complexity index is 373. The van der Waals surface area contributed by atoms with E-state index in [0.717, 1.165) is 18.3 Å². The molecular weight excluding hydrogens is 258 g/mol. The summed E-state index contributed by atoms with van der Waals surface area (Å²) in [7, 11) is 0. The van der Waals surface area contributed by atoms with Crippen LogP contribution in [-0.4, -0.2) is 36.1 Å². The number of hydrogen-bond acceptors (Lipinski definition) is 3. The van der Waals surface area contributed by atoms with Gasteiger partial charge < -0.3 is 4.90 Å². The molecule has 0 bridgehead atoms. The number of nitrogens with zero attached hydrogens (tertiary/aromatic N) is 2. The lowest BCUT2D eigenvalue weighted by molar-refractivity contribution is 0.125. The van der Waals surface area contributed by atoms with Gasteiger partial charge in [0.2, 0.25) is 0 Å². The molecule has 4 atom stereocenters. The highest BCUT2D eigenvalue weighted by Crippen LogP contribution is 2.38. The predicted octanol–water partition coefficient (Wildman–Crippen LogP) is 3.41. The summed E-state index contributed by atoms with van der Waals surface area (Å²) >= 11 is 0. The summed E-state index contributed by atoms with van der Waals surface area (Å²) in [6.07, 6.45) is 5.95. The molecule has 0 aromatic rings. The van der Waals surface area contributed by atoms with Crippen molar-refractivity contribution in [2.24, 2.45) is 17.8 Å². The normalized spacial score (nSPS) is 37.8. The number of hydrogen-bond donors (Lipinski definition) is 1. The molecule has 0 amide bonds. The fourth-order valence-corrected chi connectivity index (χ4v) is 4.24. The third kappa shape index (κ3) is 3.99. The van der Waals surface area contributed by atoms with E-state index in [-0.39, 0.29) is 5.54 Å². The maximum atomic E-state index is 9.72. The Morgan fingerprint density at radius 3 is 2.67 bits per heavy atom. The monoisotopic (exact) mass is 291 g/mol. The Morgan fingerprint density at radius 2 is 2.05 bits per heavy atom. The second-order valence-corrected chi connectivity index (χ2v) is 7.80. The van der Waals surface area contributed by atoms with Gasteiger partial charge in [0, 0.05) is 12.6 Å². The highest BCUT2D eigenvalue weighted by atomic mass is 15.1. The van der Waals surface area contributed by atoms with E-state index in [0.29, 0.717) is 12.0 Å². The van der Waals surface area contributed by atoms with E-state index >= 15 is 0 Å². The first-order valence-corrected chi connectivity index (χ1v) is 8.88. The number of likely N-dealkylation sites (tertiary alicyclic amines) is 1. The van der Waals surface area contributed by atoms with Crippen LogP contribution in [0.15, 0.2) is 0 Å². The van der Waals surface area contributed by atoms with Crippen LogP contribution in [0.2, 0.25) is 0 Å². The van der Waals surface area contributed by atoms with Crippen LogP contribution >= 0.6 is 0 Å². The van der Waals surface area contributed by atoms with Crippen LogP contribution in [0.25, 0.3) is 0 Å². The van der Waals surface area contributed by atoms with Gasteiger partial charge in [-0.05, 0) is 70.4 Å². The number of piperidine rings is 1. The van der Waals surface area contributed by atoms with Crippen molar-refractivity contribution in [3.63, 3.8) is 0 Å². The molecular formula is C18H33N3. The van der Waals surface area contributed by atoms with Gasteiger partial charge in [-0.25, -0.2) is 0 Å². The largest absolute Gasteiger partial charge is 0.303 e. The van der Waals surface area contributed by atoms with Crippen molar-refractivity contribution in [2.75, 3.05) is 19.6 Å². The lowest BCUT2D eigenvalue weighted by Crippen LogP contribution is -2.51. The summed E-state index contributed by atoms with van der Waals surface area (Å²) in [5.74, 6) is 2.21. The average Bonchev–Trinajstić information content (AvgIpc) is 2.82. The Hall–Kier alpha value is -0.590. The molecule has 1 heterocycles. The molecule has 1 aliphatic carbocycles. The van der Waals surface area contributed by atoms with E-state index in [9.17, 15) is 5.26 Å². The summed E-state index contributed by atoms with van der Waals surface area (Å²) in [5, 5.41) is 13.3. The van der Waals surface area contributed by atoms with Crippen LogP contribution in [0.4, 0.5) is 0 Å². The Morgan fingerprint density at radius 1 is 1.29 bits per heavy atom. The van der Waals surface area contributed by atoms with Gasteiger partial charge in [-0.2, -0.15) is 5.26 Å². The lowest BCUT2D eigenvalue weighted by atomic mass is 9.84. The SMILES string of the molecule is CC(C)NC1(C#N)CCCC1CCN1CCC(C)C(C)C1. The van der Waals surface area contributed by atoms with Gasteiger partial charge in [-0.1, -0.05) is 20.3 Å². The molecule has 4 unspecified atom stereocenters. The predicted molar refractivity (Wildman–Crippen MR) is 88.0 cm³/mol. The van der Waals surface area contributed by atoms with Crippen molar-refractivity contribution in [3.05, 3.63) is 0 Å². The van der Waals surface area contributed by atoms with Crippen LogP contribution in [0.5, 0.6) is 0 Å². The van der Waals surface area contributed by atoms with E-state index in [1.54, 1.807) is 0 Å². The first-order chi connectivity index (χ1) is 9.97. The third-order valence-corrected chi connectivity index (χ3v) is 5.78. The standard InChI is InChI=1S/C18H33N3/c1-14(2)20-18(13-19)9-5-6-17(18)8-11-21-10-7-15(3)16(4)12-21/h14-17,20H,5-12H2,1-4H3. The van der Waals surface area contributed by atoms with Crippen LogP contribution < -0.4 is 5.32 Å². The number of rotatable bonds is 5. The van der Waals surface area contributed by atoms with Crippen LogP contribution in [-0.2, 0) is 0 Å². The van der Waals surface area contributed by atoms with Crippen molar-refractivity contribution in [3.8, 4) is 6.07 Å². The third-order valence-electron chi connectivity index (χ3n) is 5.78. The van der Waals surface area contributed by atoms with Crippen molar-refractivity contribution < 1.29 is 0 Å². The molecule has 3 nitrogen and oxygen atoms in total. The van der Waals surface area contributed by atoms with Crippen molar-refractivity contribution in [2.45, 2.75) is 71.4 Å². The zero-order valence-electron chi connectivity index (χ0n) is 14.4. The van der Waals surface area contributed by atoms with E-state index in [4.69, 9.17) is 0 Å². The van der Waals surface area contributed by atoms with Crippen LogP contribution in [0, 0.1) is 29.1 Å².